The molecule has 1 atom stereocenters. The van der Waals surface area contributed by atoms with E-state index in [-0.39, 0.29) is 30.0 Å². The van der Waals surface area contributed by atoms with Crippen molar-refractivity contribution in [3.63, 3.8) is 0 Å². The molecule has 8 heteroatoms. The highest BCUT2D eigenvalue weighted by Crippen LogP contribution is 2.11. The number of benzene rings is 1. The van der Waals surface area contributed by atoms with Crippen LogP contribution in [0.5, 0.6) is 0 Å². The maximum Gasteiger partial charge on any atom is 0.338 e. The van der Waals surface area contributed by atoms with Gasteiger partial charge in [0, 0.05) is 12.6 Å². The van der Waals surface area contributed by atoms with E-state index in [0.29, 0.717) is 12.1 Å². The number of carbonyl (C=O) groups is 1. The summed E-state index contributed by atoms with van der Waals surface area (Å²) in [5.41, 5.74) is 0.330. The van der Waals surface area contributed by atoms with E-state index in [1.54, 1.807) is 6.92 Å². The Kier molecular flexibility index (Phi) is 9.27. The fourth-order valence-corrected chi connectivity index (χ4v) is 2.85. The third-order valence-corrected chi connectivity index (χ3v) is 4.25. The number of hydrogen-bond donors (Lipinski definition) is 2. The molecule has 22 heavy (non-hydrogen) atoms. The lowest BCUT2D eigenvalue weighted by Gasteiger charge is -2.13. The van der Waals surface area contributed by atoms with Gasteiger partial charge in [0.25, 0.3) is 0 Å². The van der Waals surface area contributed by atoms with Gasteiger partial charge >= 0.3 is 5.97 Å². The Morgan fingerprint density at radius 1 is 1.23 bits per heavy atom. The van der Waals surface area contributed by atoms with E-state index in [0.717, 1.165) is 6.54 Å². The number of likely N-dealkylation sites (N-methyl/N-ethyl adjacent to an activating group) is 1. The molecule has 1 rings (SSSR count). The van der Waals surface area contributed by atoms with E-state index in [1.807, 2.05) is 13.8 Å². The number of esters is 1. The first kappa shape index (κ1) is 20.9. The maximum atomic E-state index is 12.1. The SMILES string of the molecule is CCN[C@H](C)CNS(=O)(=O)c1ccc(C(=O)OCC)cc1.Cl. The minimum absolute atomic E-state index is 0. The van der Waals surface area contributed by atoms with E-state index in [2.05, 4.69) is 10.0 Å². The molecule has 126 valence electrons. The van der Waals surface area contributed by atoms with Gasteiger partial charge in [-0.05, 0) is 44.7 Å². The van der Waals surface area contributed by atoms with E-state index in [9.17, 15) is 13.2 Å². The summed E-state index contributed by atoms with van der Waals surface area (Å²) in [6, 6.07) is 5.73. The van der Waals surface area contributed by atoms with Crippen LogP contribution in [0, 0.1) is 0 Å². The topological polar surface area (TPSA) is 84.5 Å². The summed E-state index contributed by atoms with van der Waals surface area (Å²) in [7, 11) is -3.57. The lowest BCUT2D eigenvalue weighted by Crippen LogP contribution is -2.38. The number of nitrogens with one attached hydrogen (secondary N) is 2. The Hall–Kier alpha value is -1.15. The molecule has 0 unspecified atom stereocenters. The highest BCUT2D eigenvalue weighted by molar-refractivity contribution is 7.89. The van der Waals surface area contributed by atoms with Gasteiger partial charge in [0.05, 0.1) is 17.1 Å². The molecule has 0 heterocycles. The normalized spacial score (nSPS) is 12.3. The van der Waals surface area contributed by atoms with Crippen LogP contribution >= 0.6 is 12.4 Å². The monoisotopic (exact) mass is 350 g/mol. The van der Waals surface area contributed by atoms with Crippen LogP contribution < -0.4 is 10.0 Å². The smallest absolute Gasteiger partial charge is 0.338 e. The van der Waals surface area contributed by atoms with Crippen molar-refractivity contribution in [2.75, 3.05) is 19.7 Å². The lowest BCUT2D eigenvalue weighted by molar-refractivity contribution is 0.0526. The zero-order valence-electron chi connectivity index (χ0n) is 13.0. The molecule has 0 amide bonds. The summed E-state index contributed by atoms with van der Waals surface area (Å²) in [6.07, 6.45) is 0. The van der Waals surface area contributed by atoms with Gasteiger partial charge in [0.1, 0.15) is 0 Å². The van der Waals surface area contributed by atoms with Gasteiger partial charge in [0.15, 0.2) is 0 Å². The molecule has 0 radical (unpaired) electrons. The van der Waals surface area contributed by atoms with Gasteiger partial charge in [-0.25, -0.2) is 17.9 Å². The van der Waals surface area contributed by atoms with Crippen LogP contribution in [-0.4, -0.2) is 40.1 Å². The molecule has 2 N–H and O–H groups in total. The quantitative estimate of drug-likeness (QED) is 0.695. The average molecular weight is 351 g/mol. The van der Waals surface area contributed by atoms with Crippen LogP contribution in [0.25, 0.3) is 0 Å². The third-order valence-electron chi connectivity index (χ3n) is 2.81. The molecule has 0 spiro atoms. The molecule has 0 fully saturated rings. The molecular formula is C14H23ClN2O4S. The van der Waals surface area contributed by atoms with Gasteiger partial charge in [-0.1, -0.05) is 6.92 Å². The van der Waals surface area contributed by atoms with Crippen molar-refractivity contribution in [2.24, 2.45) is 0 Å². The minimum Gasteiger partial charge on any atom is -0.462 e. The van der Waals surface area contributed by atoms with Gasteiger partial charge in [0.2, 0.25) is 10.0 Å². The molecule has 6 nitrogen and oxygen atoms in total. The summed E-state index contributed by atoms with van der Waals surface area (Å²) in [5, 5.41) is 3.12. The zero-order chi connectivity index (χ0) is 15.9. The highest BCUT2D eigenvalue weighted by Gasteiger charge is 2.16. The number of halogens is 1. The first-order chi connectivity index (χ1) is 9.90. The van der Waals surface area contributed by atoms with Crippen LogP contribution in [0.4, 0.5) is 0 Å². The molecule has 0 aliphatic carbocycles. The van der Waals surface area contributed by atoms with Crippen LogP contribution in [0.2, 0.25) is 0 Å². The number of ether oxygens (including phenoxy) is 1. The van der Waals surface area contributed by atoms with Gasteiger partial charge in [-0.3, -0.25) is 0 Å². The van der Waals surface area contributed by atoms with Crippen LogP contribution in [0.3, 0.4) is 0 Å². The Balaban J connectivity index is 0.00000441. The van der Waals surface area contributed by atoms with E-state index in [1.165, 1.54) is 24.3 Å². The number of carbonyl (C=O) groups excluding carboxylic acids is 1. The Morgan fingerprint density at radius 2 is 1.82 bits per heavy atom. The van der Waals surface area contributed by atoms with Gasteiger partial charge in [-0.2, -0.15) is 0 Å². The van der Waals surface area contributed by atoms with Crippen molar-refractivity contribution in [3.8, 4) is 0 Å². The van der Waals surface area contributed by atoms with Gasteiger partial charge < -0.3 is 10.1 Å². The zero-order valence-corrected chi connectivity index (χ0v) is 14.6. The minimum atomic E-state index is -3.57. The highest BCUT2D eigenvalue weighted by atomic mass is 35.5. The molecule has 0 aliphatic rings. The molecular weight excluding hydrogens is 328 g/mol. The summed E-state index contributed by atoms with van der Waals surface area (Å²) in [6.45, 7) is 6.93. The number of rotatable bonds is 8. The Morgan fingerprint density at radius 3 is 2.32 bits per heavy atom. The van der Waals surface area contributed by atoms with Crippen molar-refractivity contribution in [1.29, 1.82) is 0 Å². The summed E-state index contributed by atoms with van der Waals surface area (Å²) >= 11 is 0. The van der Waals surface area contributed by atoms with Crippen LogP contribution in [0.1, 0.15) is 31.1 Å². The van der Waals surface area contributed by atoms with E-state index in [4.69, 9.17) is 4.74 Å². The fraction of sp³-hybridized carbons (Fsp3) is 0.500. The third kappa shape index (κ3) is 6.31. The first-order valence-corrected chi connectivity index (χ1v) is 8.39. The van der Waals surface area contributed by atoms with Crippen molar-refractivity contribution < 1.29 is 17.9 Å². The predicted molar refractivity (Wildman–Crippen MR) is 88.0 cm³/mol. The van der Waals surface area contributed by atoms with Crippen molar-refractivity contribution in [3.05, 3.63) is 29.8 Å². The van der Waals surface area contributed by atoms with E-state index < -0.39 is 16.0 Å². The predicted octanol–water partition coefficient (Wildman–Crippen LogP) is 1.56. The summed E-state index contributed by atoms with van der Waals surface area (Å²) < 4.78 is 31.6. The maximum absolute atomic E-state index is 12.1. The summed E-state index contributed by atoms with van der Waals surface area (Å²) in [4.78, 5) is 11.6. The number of sulfonamides is 1. The standard InChI is InChI=1S/C14H22N2O4S.ClH/c1-4-15-11(3)10-16-21(18,19)13-8-6-12(7-9-13)14(17)20-5-2;/h6-9,11,15-16H,4-5,10H2,1-3H3;1H/t11-;/m1./s1. The second-order valence-corrected chi connectivity index (χ2v) is 6.32. The van der Waals surface area contributed by atoms with Crippen LogP contribution in [-0.2, 0) is 14.8 Å². The van der Waals surface area contributed by atoms with Crippen molar-refractivity contribution >= 4 is 28.4 Å². The lowest BCUT2D eigenvalue weighted by atomic mass is 10.2. The largest absolute Gasteiger partial charge is 0.462 e. The first-order valence-electron chi connectivity index (χ1n) is 6.91. The molecule has 1 aromatic rings. The van der Waals surface area contributed by atoms with Crippen LogP contribution in [0.15, 0.2) is 29.2 Å². The molecule has 1 aromatic carbocycles. The fourth-order valence-electron chi connectivity index (χ4n) is 1.72. The number of hydrogen-bond acceptors (Lipinski definition) is 5. The second kappa shape index (κ2) is 9.78. The van der Waals surface area contributed by atoms with E-state index >= 15 is 0 Å². The van der Waals surface area contributed by atoms with Crippen molar-refractivity contribution in [2.45, 2.75) is 31.7 Å². The second-order valence-electron chi connectivity index (χ2n) is 4.56. The molecule has 0 saturated carbocycles. The Bertz CT molecular complexity index is 561. The van der Waals surface area contributed by atoms with Gasteiger partial charge in [-0.15, -0.1) is 12.4 Å². The molecule has 0 saturated heterocycles. The average Bonchev–Trinajstić information content (AvgIpc) is 2.46. The Labute approximate surface area is 138 Å². The molecule has 0 aromatic heterocycles. The van der Waals surface area contributed by atoms with Crippen molar-refractivity contribution in [1.82, 2.24) is 10.0 Å². The molecule has 0 aliphatic heterocycles. The summed E-state index contributed by atoms with van der Waals surface area (Å²) in [5.74, 6) is -0.463. The molecule has 0 bridgehead atoms.